The van der Waals surface area contributed by atoms with Crippen LogP contribution in [0, 0.1) is 17.1 Å². The van der Waals surface area contributed by atoms with Crippen molar-refractivity contribution in [1.29, 1.82) is 5.26 Å². The number of carbonyl (C=O) groups is 2. The number of benzene rings is 1. The maximum atomic E-state index is 13.6. The van der Waals surface area contributed by atoms with Crippen LogP contribution in [0.2, 0.25) is 0 Å². The van der Waals surface area contributed by atoms with Crippen LogP contribution in [0.4, 0.5) is 10.1 Å². The molecule has 0 spiro atoms. The zero-order valence-corrected chi connectivity index (χ0v) is 11.1. The second kappa shape index (κ2) is 7.89. The first-order valence-electron chi connectivity index (χ1n) is 6.17. The van der Waals surface area contributed by atoms with Gasteiger partial charge in [0, 0.05) is 6.42 Å². The lowest BCUT2D eigenvalue weighted by molar-refractivity contribution is -0.144. The van der Waals surface area contributed by atoms with Crippen LogP contribution in [0.5, 0.6) is 0 Å². The minimum Gasteiger partial charge on any atom is -0.466 e. The molecule has 6 heteroatoms. The fourth-order valence-electron chi connectivity index (χ4n) is 1.63. The molecule has 0 radical (unpaired) electrons. The number of rotatable bonds is 6. The van der Waals surface area contributed by atoms with E-state index in [1.165, 1.54) is 18.2 Å². The minimum absolute atomic E-state index is 0.0305. The van der Waals surface area contributed by atoms with Gasteiger partial charge in [-0.2, -0.15) is 5.26 Å². The van der Waals surface area contributed by atoms with Crippen LogP contribution in [0.15, 0.2) is 24.3 Å². The first kappa shape index (κ1) is 15.6. The highest BCUT2D eigenvalue weighted by atomic mass is 19.1. The van der Waals surface area contributed by atoms with Gasteiger partial charge in [0.1, 0.15) is 12.4 Å². The second-order valence-corrected chi connectivity index (χ2v) is 3.89. The van der Waals surface area contributed by atoms with Crippen LogP contribution in [0.25, 0.3) is 0 Å². The lowest BCUT2D eigenvalue weighted by Gasteiger charge is -2.20. The molecule has 0 aliphatic rings. The Labute approximate surface area is 116 Å². The summed E-state index contributed by atoms with van der Waals surface area (Å²) in [6, 6.07) is 7.49. The van der Waals surface area contributed by atoms with Crippen molar-refractivity contribution < 1.29 is 18.7 Å². The largest absolute Gasteiger partial charge is 0.466 e. The summed E-state index contributed by atoms with van der Waals surface area (Å²) in [6.45, 7) is 1.63. The molecular formula is C14H15FN2O3. The fraction of sp³-hybridized carbons (Fsp3) is 0.357. The number of hydrogen-bond donors (Lipinski definition) is 0. The first-order valence-corrected chi connectivity index (χ1v) is 6.17. The van der Waals surface area contributed by atoms with Crippen LogP contribution in [0.1, 0.15) is 19.8 Å². The number of nitrogens with zero attached hydrogens (tertiary/aromatic N) is 2. The van der Waals surface area contributed by atoms with Crippen molar-refractivity contribution >= 4 is 17.6 Å². The van der Waals surface area contributed by atoms with E-state index in [-0.39, 0.29) is 31.7 Å². The maximum Gasteiger partial charge on any atom is 0.306 e. The summed E-state index contributed by atoms with van der Waals surface area (Å²) < 4.78 is 18.4. The third-order valence-electron chi connectivity index (χ3n) is 2.52. The Bertz CT molecular complexity index is 525. The molecule has 0 atom stereocenters. The van der Waals surface area contributed by atoms with Gasteiger partial charge in [0.25, 0.3) is 0 Å². The molecule has 0 aromatic heterocycles. The molecule has 1 amide bonds. The molecule has 0 saturated carbocycles. The number of anilines is 1. The van der Waals surface area contributed by atoms with Gasteiger partial charge >= 0.3 is 5.97 Å². The molecule has 0 fully saturated rings. The lowest BCUT2D eigenvalue weighted by Crippen LogP contribution is -2.32. The zero-order chi connectivity index (χ0) is 15.0. The van der Waals surface area contributed by atoms with E-state index in [9.17, 15) is 14.0 Å². The monoisotopic (exact) mass is 278 g/mol. The summed E-state index contributed by atoms with van der Waals surface area (Å²) in [5.74, 6) is -1.58. The van der Waals surface area contributed by atoms with E-state index in [2.05, 4.69) is 0 Å². The molecule has 1 rings (SSSR count). The summed E-state index contributed by atoms with van der Waals surface area (Å²) >= 11 is 0. The summed E-state index contributed by atoms with van der Waals surface area (Å²) in [4.78, 5) is 24.2. The molecule has 0 heterocycles. The number of carbonyl (C=O) groups excluding carboxylic acids is 2. The Morgan fingerprint density at radius 2 is 2.05 bits per heavy atom. The molecule has 0 N–H and O–H groups in total. The topological polar surface area (TPSA) is 70.4 Å². The zero-order valence-electron chi connectivity index (χ0n) is 11.1. The van der Waals surface area contributed by atoms with E-state index in [1.54, 1.807) is 13.0 Å². The Balaban J connectivity index is 2.77. The van der Waals surface area contributed by atoms with Gasteiger partial charge in [-0.3, -0.25) is 14.5 Å². The van der Waals surface area contributed by atoms with E-state index < -0.39 is 17.7 Å². The summed E-state index contributed by atoms with van der Waals surface area (Å²) in [5.41, 5.74) is 0.0305. The van der Waals surface area contributed by atoms with Crippen molar-refractivity contribution in [2.75, 3.05) is 18.1 Å². The van der Waals surface area contributed by atoms with E-state index in [0.29, 0.717) is 0 Å². The standard InChI is InChI=1S/C14H15FN2O3/c1-2-20-14(19)8-7-13(18)17(10-9-16)12-6-4-3-5-11(12)15/h3-6H,2,7-8,10H2,1H3. The van der Waals surface area contributed by atoms with Crippen LogP contribution in [0.3, 0.4) is 0 Å². The predicted octanol–water partition coefficient (Wildman–Crippen LogP) is 2.03. The third-order valence-corrected chi connectivity index (χ3v) is 2.52. The quantitative estimate of drug-likeness (QED) is 0.589. The minimum atomic E-state index is -0.591. The number of esters is 1. The van der Waals surface area contributed by atoms with E-state index in [1.807, 2.05) is 6.07 Å². The Kier molecular flexibility index (Phi) is 6.17. The van der Waals surface area contributed by atoms with E-state index >= 15 is 0 Å². The molecule has 106 valence electrons. The molecule has 0 bridgehead atoms. The molecule has 20 heavy (non-hydrogen) atoms. The highest BCUT2D eigenvalue weighted by molar-refractivity contribution is 5.95. The normalized spacial score (nSPS) is 9.65. The molecule has 0 aliphatic carbocycles. The average Bonchev–Trinajstić information content (AvgIpc) is 2.43. The number of nitriles is 1. The lowest BCUT2D eigenvalue weighted by atomic mass is 10.2. The summed E-state index contributed by atoms with van der Waals surface area (Å²) in [7, 11) is 0. The van der Waals surface area contributed by atoms with Gasteiger partial charge in [0.15, 0.2) is 0 Å². The number of para-hydroxylation sites is 1. The number of ether oxygens (including phenoxy) is 1. The second-order valence-electron chi connectivity index (χ2n) is 3.89. The van der Waals surface area contributed by atoms with Gasteiger partial charge in [0.2, 0.25) is 5.91 Å². The predicted molar refractivity (Wildman–Crippen MR) is 70.2 cm³/mol. The first-order chi connectivity index (χ1) is 9.60. The van der Waals surface area contributed by atoms with Gasteiger partial charge in [-0.1, -0.05) is 12.1 Å². The molecule has 5 nitrogen and oxygen atoms in total. The van der Waals surface area contributed by atoms with Gasteiger partial charge in [-0.15, -0.1) is 0 Å². The highest BCUT2D eigenvalue weighted by Crippen LogP contribution is 2.19. The van der Waals surface area contributed by atoms with Crippen LogP contribution in [-0.4, -0.2) is 25.0 Å². The van der Waals surface area contributed by atoms with Crippen molar-refractivity contribution in [2.24, 2.45) is 0 Å². The van der Waals surface area contributed by atoms with Gasteiger partial charge in [-0.05, 0) is 19.1 Å². The van der Waals surface area contributed by atoms with Crippen LogP contribution < -0.4 is 4.90 Å². The molecular weight excluding hydrogens is 263 g/mol. The van der Waals surface area contributed by atoms with Gasteiger partial charge in [0.05, 0.1) is 24.8 Å². The Morgan fingerprint density at radius 3 is 2.65 bits per heavy atom. The third kappa shape index (κ3) is 4.35. The smallest absolute Gasteiger partial charge is 0.306 e. The number of hydrogen-bond acceptors (Lipinski definition) is 4. The SMILES string of the molecule is CCOC(=O)CCC(=O)N(CC#N)c1ccccc1F. The fourth-order valence-corrected chi connectivity index (χ4v) is 1.63. The molecule has 0 unspecified atom stereocenters. The summed E-state index contributed by atoms with van der Waals surface area (Å²) in [6.07, 6.45) is -0.224. The van der Waals surface area contributed by atoms with Crippen molar-refractivity contribution in [1.82, 2.24) is 0 Å². The van der Waals surface area contributed by atoms with Crippen LogP contribution >= 0.6 is 0 Å². The Hall–Kier alpha value is -2.42. The summed E-state index contributed by atoms with van der Waals surface area (Å²) in [5, 5.41) is 8.74. The molecule has 0 saturated heterocycles. The van der Waals surface area contributed by atoms with E-state index in [4.69, 9.17) is 10.00 Å². The van der Waals surface area contributed by atoms with Gasteiger partial charge in [-0.25, -0.2) is 4.39 Å². The van der Waals surface area contributed by atoms with Gasteiger partial charge < -0.3 is 4.74 Å². The molecule has 1 aromatic carbocycles. The Morgan fingerprint density at radius 1 is 1.35 bits per heavy atom. The maximum absolute atomic E-state index is 13.6. The van der Waals surface area contributed by atoms with Crippen molar-refractivity contribution in [3.8, 4) is 6.07 Å². The van der Waals surface area contributed by atoms with Crippen molar-refractivity contribution in [3.05, 3.63) is 30.1 Å². The van der Waals surface area contributed by atoms with Crippen molar-refractivity contribution in [3.63, 3.8) is 0 Å². The van der Waals surface area contributed by atoms with E-state index in [0.717, 1.165) is 4.90 Å². The average molecular weight is 278 g/mol. The highest BCUT2D eigenvalue weighted by Gasteiger charge is 2.19. The van der Waals surface area contributed by atoms with Crippen molar-refractivity contribution in [2.45, 2.75) is 19.8 Å². The van der Waals surface area contributed by atoms with Crippen LogP contribution in [-0.2, 0) is 14.3 Å². The number of halogens is 1. The molecule has 1 aromatic rings. The number of amides is 1. The molecule has 0 aliphatic heterocycles.